The van der Waals surface area contributed by atoms with Gasteiger partial charge in [-0.15, -0.1) is 11.3 Å². The summed E-state index contributed by atoms with van der Waals surface area (Å²) in [5.41, 5.74) is 6.50. The monoisotopic (exact) mass is 323 g/mol. The Morgan fingerprint density at radius 2 is 2.18 bits per heavy atom. The molecule has 3 N–H and O–H groups in total. The van der Waals surface area contributed by atoms with Gasteiger partial charge in [-0.05, 0) is 30.9 Å². The van der Waals surface area contributed by atoms with Gasteiger partial charge in [0, 0.05) is 37.2 Å². The lowest BCUT2D eigenvalue weighted by Gasteiger charge is -2.26. The van der Waals surface area contributed by atoms with E-state index >= 15 is 0 Å². The molecule has 2 amide bonds. The van der Waals surface area contributed by atoms with E-state index in [1.54, 1.807) is 16.2 Å². The molecular weight excluding hydrogens is 302 g/mol. The van der Waals surface area contributed by atoms with Crippen molar-refractivity contribution in [1.29, 1.82) is 0 Å². The molecule has 0 aromatic carbocycles. The standard InChI is InChI=1S/C15H21N3O3S/c16-8-14(19)18-4-1-12-10(9-18)7-13(22-12)15(20)17-11-2-5-21-6-3-11/h7,11H,1-6,8-9,16H2,(H,17,20). The number of nitrogens with one attached hydrogen (secondary N) is 1. The van der Waals surface area contributed by atoms with Gasteiger partial charge < -0.3 is 20.7 Å². The summed E-state index contributed by atoms with van der Waals surface area (Å²) in [7, 11) is 0. The summed E-state index contributed by atoms with van der Waals surface area (Å²) in [4.78, 5) is 27.8. The third kappa shape index (κ3) is 3.31. The summed E-state index contributed by atoms with van der Waals surface area (Å²) >= 11 is 1.54. The maximum absolute atomic E-state index is 12.4. The molecule has 0 radical (unpaired) electrons. The summed E-state index contributed by atoms with van der Waals surface area (Å²) in [6.45, 7) is 2.71. The second-order valence-corrected chi connectivity index (χ2v) is 6.83. The maximum atomic E-state index is 12.4. The number of ether oxygens (including phenoxy) is 1. The van der Waals surface area contributed by atoms with Gasteiger partial charge >= 0.3 is 0 Å². The van der Waals surface area contributed by atoms with Crippen LogP contribution in [-0.4, -0.2) is 49.1 Å². The SMILES string of the molecule is NCC(=O)N1CCc2sc(C(=O)NC3CCOCC3)cc2C1. The van der Waals surface area contributed by atoms with Crippen LogP contribution in [-0.2, 0) is 22.5 Å². The predicted octanol–water partition coefficient (Wildman–Crippen LogP) is 0.500. The van der Waals surface area contributed by atoms with Crippen molar-refractivity contribution in [2.75, 3.05) is 26.3 Å². The molecule has 120 valence electrons. The molecule has 7 heteroatoms. The fourth-order valence-corrected chi connectivity index (χ4v) is 3.95. The van der Waals surface area contributed by atoms with Gasteiger partial charge in [-0.3, -0.25) is 9.59 Å². The molecule has 6 nitrogen and oxygen atoms in total. The number of amides is 2. The number of nitrogens with zero attached hydrogens (tertiary/aromatic N) is 1. The molecular formula is C15H21N3O3S. The molecule has 0 atom stereocenters. The predicted molar refractivity (Wildman–Crippen MR) is 83.8 cm³/mol. The first kappa shape index (κ1) is 15.5. The van der Waals surface area contributed by atoms with Gasteiger partial charge in [0.25, 0.3) is 5.91 Å². The summed E-state index contributed by atoms with van der Waals surface area (Å²) < 4.78 is 5.30. The zero-order valence-electron chi connectivity index (χ0n) is 12.5. The van der Waals surface area contributed by atoms with Crippen LogP contribution in [0.2, 0.25) is 0 Å². The highest BCUT2D eigenvalue weighted by atomic mass is 32.1. The lowest BCUT2D eigenvalue weighted by molar-refractivity contribution is -0.130. The summed E-state index contributed by atoms with van der Waals surface area (Å²) in [6, 6.07) is 2.13. The Morgan fingerprint density at radius 1 is 1.41 bits per heavy atom. The number of rotatable bonds is 3. The van der Waals surface area contributed by atoms with E-state index in [1.165, 1.54) is 4.88 Å². The van der Waals surface area contributed by atoms with Crippen molar-refractivity contribution in [1.82, 2.24) is 10.2 Å². The molecule has 0 saturated carbocycles. The quantitative estimate of drug-likeness (QED) is 0.848. The van der Waals surface area contributed by atoms with Crippen molar-refractivity contribution in [3.05, 3.63) is 21.4 Å². The molecule has 1 aromatic rings. The Kier molecular flexibility index (Phi) is 4.75. The van der Waals surface area contributed by atoms with Crippen molar-refractivity contribution in [3.8, 4) is 0 Å². The van der Waals surface area contributed by atoms with E-state index in [-0.39, 0.29) is 24.4 Å². The summed E-state index contributed by atoms with van der Waals surface area (Å²) in [5.74, 6) is -0.0481. The molecule has 1 aromatic heterocycles. The number of carbonyl (C=O) groups excluding carboxylic acids is 2. The molecule has 0 spiro atoms. The van der Waals surface area contributed by atoms with Crippen molar-refractivity contribution in [2.24, 2.45) is 5.73 Å². The summed E-state index contributed by atoms with van der Waals surface area (Å²) in [5, 5.41) is 3.08. The Labute approximate surface area is 133 Å². The van der Waals surface area contributed by atoms with E-state index in [2.05, 4.69) is 5.32 Å². The average Bonchev–Trinajstić information content (AvgIpc) is 2.98. The first-order valence-electron chi connectivity index (χ1n) is 7.65. The van der Waals surface area contributed by atoms with Gasteiger partial charge in [-0.1, -0.05) is 0 Å². The summed E-state index contributed by atoms with van der Waals surface area (Å²) in [6.07, 6.45) is 2.54. The topological polar surface area (TPSA) is 84.7 Å². The highest BCUT2D eigenvalue weighted by Gasteiger charge is 2.24. The highest BCUT2D eigenvalue weighted by Crippen LogP contribution is 2.28. The van der Waals surface area contributed by atoms with Gasteiger partial charge in [0.05, 0.1) is 11.4 Å². The molecule has 0 aliphatic carbocycles. The molecule has 2 aliphatic rings. The Morgan fingerprint density at radius 3 is 2.91 bits per heavy atom. The van der Waals surface area contributed by atoms with Gasteiger partial charge in [-0.25, -0.2) is 0 Å². The van der Waals surface area contributed by atoms with Crippen LogP contribution in [0.1, 0.15) is 33.0 Å². The number of hydrogen-bond acceptors (Lipinski definition) is 5. The molecule has 1 saturated heterocycles. The average molecular weight is 323 g/mol. The second kappa shape index (κ2) is 6.76. The minimum Gasteiger partial charge on any atom is -0.381 e. The van der Waals surface area contributed by atoms with Crippen LogP contribution < -0.4 is 11.1 Å². The Hall–Kier alpha value is -1.44. The minimum atomic E-state index is -0.0370. The number of carbonyl (C=O) groups is 2. The molecule has 3 heterocycles. The normalized spacial score (nSPS) is 18.9. The smallest absolute Gasteiger partial charge is 0.261 e. The van der Waals surface area contributed by atoms with Crippen molar-refractivity contribution >= 4 is 23.2 Å². The lowest BCUT2D eigenvalue weighted by Crippen LogP contribution is -2.39. The Bertz CT molecular complexity index is 566. The second-order valence-electron chi connectivity index (χ2n) is 5.69. The van der Waals surface area contributed by atoms with Crippen LogP contribution in [0.3, 0.4) is 0 Å². The number of hydrogen-bond donors (Lipinski definition) is 2. The van der Waals surface area contributed by atoms with E-state index in [0.29, 0.717) is 26.3 Å². The molecule has 0 bridgehead atoms. The molecule has 3 rings (SSSR count). The van der Waals surface area contributed by atoms with Crippen LogP contribution in [0, 0.1) is 0 Å². The highest BCUT2D eigenvalue weighted by molar-refractivity contribution is 7.14. The fraction of sp³-hybridized carbons (Fsp3) is 0.600. The Balaban J connectivity index is 1.65. The van der Waals surface area contributed by atoms with E-state index < -0.39 is 0 Å². The van der Waals surface area contributed by atoms with Crippen LogP contribution in [0.5, 0.6) is 0 Å². The van der Waals surface area contributed by atoms with Gasteiger partial charge in [0.1, 0.15) is 0 Å². The maximum Gasteiger partial charge on any atom is 0.261 e. The van der Waals surface area contributed by atoms with Crippen LogP contribution >= 0.6 is 11.3 Å². The van der Waals surface area contributed by atoms with Gasteiger partial charge in [-0.2, -0.15) is 0 Å². The number of thiophene rings is 1. The van der Waals surface area contributed by atoms with Gasteiger partial charge in [0.15, 0.2) is 0 Å². The molecule has 1 fully saturated rings. The van der Waals surface area contributed by atoms with Gasteiger partial charge in [0.2, 0.25) is 5.91 Å². The first-order chi connectivity index (χ1) is 10.7. The largest absolute Gasteiger partial charge is 0.381 e. The van der Waals surface area contributed by atoms with E-state index in [1.807, 2.05) is 6.07 Å². The lowest BCUT2D eigenvalue weighted by atomic mass is 10.1. The molecule has 0 unspecified atom stereocenters. The molecule has 22 heavy (non-hydrogen) atoms. The van der Waals surface area contributed by atoms with E-state index in [0.717, 1.165) is 29.7 Å². The van der Waals surface area contributed by atoms with Crippen molar-refractivity contribution in [3.63, 3.8) is 0 Å². The van der Waals surface area contributed by atoms with E-state index in [4.69, 9.17) is 10.5 Å². The van der Waals surface area contributed by atoms with E-state index in [9.17, 15) is 9.59 Å². The number of fused-ring (bicyclic) bond motifs is 1. The zero-order chi connectivity index (χ0) is 15.5. The number of nitrogens with two attached hydrogens (primary N) is 1. The minimum absolute atomic E-state index is 0.0111. The zero-order valence-corrected chi connectivity index (χ0v) is 13.3. The molecule has 2 aliphatic heterocycles. The van der Waals surface area contributed by atoms with Crippen LogP contribution in [0.25, 0.3) is 0 Å². The fourth-order valence-electron chi connectivity index (χ4n) is 2.89. The van der Waals surface area contributed by atoms with Crippen molar-refractivity contribution in [2.45, 2.75) is 31.8 Å². The third-order valence-corrected chi connectivity index (χ3v) is 5.41. The van der Waals surface area contributed by atoms with Crippen LogP contribution in [0.4, 0.5) is 0 Å². The van der Waals surface area contributed by atoms with Crippen molar-refractivity contribution < 1.29 is 14.3 Å². The third-order valence-electron chi connectivity index (χ3n) is 4.17. The van der Waals surface area contributed by atoms with Crippen LogP contribution in [0.15, 0.2) is 6.07 Å². The first-order valence-corrected chi connectivity index (χ1v) is 8.47.